The van der Waals surface area contributed by atoms with Crippen LogP contribution in [0.3, 0.4) is 0 Å². The molecule has 0 unspecified atom stereocenters. The molecule has 2 heterocycles. The maximum absolute atomic E-state index is 13.1. The summed E-state index contributed by atoms with van der Waals surface area (Å²) in [7, 11) is 1.58. The van der Waals surface area contributed by atoms with Crippen LogP contribution < -0.4 is 0 Å². The summed E-state index contributed by atoms with van der Waals surface area (Å²) >= 11 is 0. The minimum Gasteiger partial charge on any atom is -0.383 e. The molecule has 1 fully saturated rings. The SMILES string of the molecule is COCCN1C(=O)C(c2ccc(C)cc2C)=C(N2CCC(C)CC2)C1=O. The lowest BCUT2D eigenvalue weighted by molar-refractivity contribution is -0.138. The van der Waals surface area contributed by atoms with Crippen LogP contribution in [0, 0.1) is 19.8 Å². The quantitative estimate of drug-likeness (QED) is 0.761. The van der Waals surface area contributed by atoms with E-state index in [0.717, 1.165) is 42.6 Å². The first-order chi connectivity index (χ1) is 12.4. The molecule has 2 aliphatic rings. The summed E-state index contributed by atoms with van der Waals surface area (Å²) in [4.78, 5) is 29.7. The van der Waals surface area contributed by atoms with Gasteiger partial charge in [-0.2, -0.15) is 0 Å². The molecule has 0 bridgehead atoms. The van der Waals surface area contributed by atoms with Gasteiger partial charge in [-0.05, 0) is 43.7 Å². The normalized spacial score (nSPS) is 19.1. The highest BCUT2D eigenvalue weighted by Crippen LogP contribution is 2.35. The number of hydrogen-bond donors (Lipinski definition) is 0. The van der Waals surface area contributed by atoms with Gasteiger partial charge in [0.25, 0.3) is 11.8 Å². The first-order valence-electron chi connectivity index (χ1n) is 9.36. The third kappa shape index (κ3) is 3.40. The molecule has 1 aromatic carbocycles. The van der Waals surface area contributed by atoms with Gasteiger partial charge >= 0.3 is 0 Å². The van der Waals surface area contributed by atoms with Gasteiger partial charge in [-0.25, -0.2) is 0 Å². The van der Waals surface area contributed by atoms with E-state index in [9.17, 15) is 9.59 Å². The van der Waals surface area contributed by atoms with Crippen LogP contribution in [-0.2, 0) is 14.3 Å². The van der Waals surface area contributed by atoms with Gasteiger partial charge in [-0.1, -0.05) is 30.7 Å². The van der Waals surface area contributed by atoms with Crippen LogP contribution in [0.1, 0.15) is 36.5 Å². The predicted molar refractivity (Wildman–Crippen MR) is 101 cm³/mol. The van der Waals surface area contributed by atoms with Crippen molar-refractivity contribution in [3.8, 4) is 0 Å². The number of amides is 2. The van der Waals surface area contributed by atoms with Crippen LogP contribution in [0.15, 0.2) is 23.9 Å². The smallest absolute Gasteiger partial charge is 0.277 e. The molecular weight excluding hydrogens is 328 g/mol. The minimum atomic E-state index is -0.201. The molecule has 0 aliphatic carbocycles. The third-order valence-corrected chi connectivity index (χ3v) is 5.41. The molecule has 5 heteroatoms. The highest BCUT2D eigenvalue weighted by Gasteiger charge is 2.42. The largest absolute Gasteiger partial charge is 0.383 e. The van der Waals surface area contributed by atoms with E-state index in [2.05, 4.69) is 17.9 Å². The van der Waals surface area contributed by atoms with Crippen molar-refractivity contribution in [3.05, 3.63) is 40.6 Å². The number of ether oxygens (including phenoxy) is 1. The topological polar surface area (TPSA) is 49.9 Å². The lowest BCUT2D eigenvalue weighted by atomic mass is 9.95. The van der Waals surface area contributed by atoms with E-state index in [1.54, 1.807) is 7.11 Å². The number of methoxy groups -OCH3 is 1. The monoisotopic (exact) mass is 356 g/mol. The highest BCUT2D eigenvalue weighted by atomic mass is 16.5. The summed E-state index contributed by atoms with van der Waals surface area (Å²) in [5.74, 6) is 0.275. The Morgan fingerprint density at radius 3 is 2.42 bits per heavy atom. The molecule has 3 rings (SSSR count). The summed E-state index contributed by atoms with van der Waals surface area (Å²) in [6.07, 6.45) is 2.09. The molecule has 26 heavy (non-hydrogen) atoms. The Kier molecular flexibility index (Phi) is 5.47. The zero-order valence-corrected chi connectivity index (χ0v) is 16.2. The second-order valence-corrected chi connectivity index (χ2v) is 7.47. The van der Waals surface area contributed by atoms with Crippen molar-refractivity contribution < 1.29 is 14.3 Å². The molecule has 2 amide bonds. The first kappa shape index (κ1) is 18.6. The first-order valence-corrected chi connectivity index (χ1v) is 9.36. The Labute approximate surface area is 155 Å². The second kappa shape index (κ2) is 7.62. The van der Waals surface area contributed by atoms with E-state index >= 15 is 0 Å². The molecule has 0 radical (unpaired) electrons. The fraction of sp³-hybridized carbons (Fsp3) is 0.524. The minimum absolute atomic E-state index is 0.184. The number of hydrogen-bond acceptors (Lipinski definition) is 4. The molecule has 5 nitrogen and oxygen atoms in total. The molecule has 0 atom stereocenters. The average molecular weight is 356 g/mol. The van der Waals surface area contributed by atoms with Crippen molar-refractivity contribution in [2.24, 2.45) is 5.92 Å². The van der Waals surface area contributed by atoms with E-state index < -0.39 is 0 Å². The Bertz CT molecular complexity index is 746. The van der Waals surface area contributed by atoms with Crippen LogP contribution in [0.2, 0.25) is 0 Å². The van der Waals surface area contributed by atoms with Crippen molar-refractivity contribution in [3.63, 3.8) is 0 Å². The van der Waals surface area contributed by atoms with E-state index in [0.29, 0.717) is 23.8 Å². The van der Waals surface area contributed by atoms with Gasteiger partial charge in [0.1, 0.15) is 5.70 Å². The molecule has 0 N–H and O–H groups in total. The van der Waals surface area contributed by atoms with Crippen molar-refractivity contribution in [2.45, 2.75) is 33.6 Å². The van der Waals surface area contributed by atoms with Gasteiger partial charge in [0.15, 0.2) is 0 Å². The Hall–Kier alpha value is -2.14. The number of nitrogens with zero attached hydrogens (tertiary/aromatic N) is 2. The van der Waals surface area contributed by atoms with Crippen molar-refractivity contribution in [1.29, 1.82) is 0 Å². The highest BCUT2D eigenvalue weighted by molar-refractivity contribution is 6.35. The van der Waals surface area contributed by atoms with Crippen LogP contribution in [0.25, 0.3) is 5.57 Å². The number of carbonyl (C=O) groups excluding carboxylic acids is 2. The average Bonchev–Trinajstić information content (AvgIpc) is 2.85. The van der Waals surface area contributed by atoms with Gasteiger partial charge in [-0.15, -0.1) is 0 Å². The lowest BCUT2D eigenvalue weighted by Gasteiger charge is -2.32. The predicted octanol–water partition coefficient (Wildman–Crippen LogP) is 2.76. The molecular formula is C21H28N2O3. The number of aryl methyl sites for hydroxylation is 2. The van der Waals surface area contributed by atoms with Gasteiger partial charge in [-0.3, -0.25) is 14.5 Å². The zero-order chi connectivity index (χ0) is 18.8. The lowest BCUT2D eigenvalue weighted by Crippen LogP contribution is -2.39. The van der Waals surface area contributed by atoms with E-state index in [-0.39, 0.29) is 18.4 Å². The van der Waals surface area contributed by atoms with E-state index in [1.807, 2.05) is 26.0 Å². The Balaban J connectivity index is 2.05. The number of likely N-dealkylation sites (tertiary alicyclic amines) is 1. The van der Waals surface area contributed by atoms with Gasteiger partial charge in [0.05, 0.1) is 18.7 Å². The zero-order valence-electron chi connectivity index (χ0n) is 16.2. The number of imide groups is 1. The number of piperidine rings is 1. The summed E-state index contributed by atoms with van der Waals surface area (Å²) in [5.41, 5.74) is 4.16. The van der Waals surface area contributed by atoms with Crippen LogP contribution in [0.5, 0.6) is 0 Å². The molecule has 1 aromatic rings. The standard InChI is InChI=1S/C21H28N2O3/c1-14-7-9-22(10-8-14)19-18(17-6-5-15(2)13-16(17)3)20(24)23(21(19)25)11-12-26-4/h5-6,13-14H,7-12H2,1-4H3. The number of rotatable bonds is 5. The maximum Gasteiger partial charge on any atom is 0.277 e. The molecule has 0 aromatic heterocycles. The molecule has 0 saturated carbocycles. The van der Waals surface area contributed by atoms with Gasteiger partial charge in [0.2, 0.25) is 0 Å². The third-order valence-electron chi connectivity index (χ3n) is 5.41. The molecule has 140 valence electrons. The van der Waals surface area contributed by atoms with Gasteiger partial charge < -0.3 is 9.64 Å². The fourth-order valence-corrected chi connectivity index (χ4v) is 3.81. The molecule has 2 aliphatic heterocycles. The summed E-state index contributed by atoms with van der Waals surface area (Å²) in [6.45, 7) is 8.55. The summed E-state index contributed by atoms with van der Waals surface area (Å²) in [6, 6.07) is 6.03. The van der Waals surface area contributed by atoms with Crippen molar-refractivity contribution in [2.75, 3.05) is 33.4 Å². The number of carbonyl (C=O) groups is 2. The van der Waals surface area contributed by atoms with Crippen molar-refractivity contribution in [1.82, 2.24) is 9.80 Å². The Morgan fingerprint density at radius 2 is 1.81 bits per heavy atom. The van der Waals surface area contributed by atoms with Crippen LogP contribution in [0.4, 0.5) is 0 Å². The molecule has 1 saturated heterocycles. The Morgan fingerprint density at radius 1 is 1.12 bits per heavy atom. The second-order valence-electron chi connectivity index (χ2n) is 7.47. The summed E-state index contributed by atoms with van der Waals surface area (Å²) in [5, 5.41) is 0. The number of benzene rings is 1. The van der Waals surface area contributed by atoms with E-state index in [1.165, 1.54) is 4.90 Å². The van der Waals surface area contributed by atoms with Crippen molar-refractivity contribution >= 4 is 17.4 Å². The fourth-order valence-electron chi connectivity index (χ4n) is 3.81. The van der Waals surface area contributed by atoms with Gasteiger partial charge in [0, 0.05) is 20.2 Å². The van der Waals surface area contributed by atoms with Crippen LogP contribution in [-0.4, -0.2) is 55.0 Å². The maximum atomic E-state index is 13.1. The molecule has 0 spiro atoms. The van der Waals surface area contributed by atoms with E-state index in [4.69, 9.17) is 4.74 Å². The summed E-state index contributed by atoms with van der Waals surface area (Å²) < 4.78 is 5.10. The van der Waals surface area contributed by atoms with Crippen LogP contribution >= 0.6 is 0 Å².